The predicted molar refractivity (Wildman–Crippen MR) is 105 cm³/mol. The zero-order chi connectivity index (χ0) is 18.5. The van der Waals surface area contributed by atoms with Crippen LogP contribution < -0.4 is 5.32 Å². The number of carbonyl (C=O) groups is 1. The second-order valence-electron chi connectivity index (χ2n) is 6.03. The summed E-state index contributed by atoms with van der Waals surface area (Å²) in [6.45, 7) is 2.51. The number of amides is 1. The van der Waals surface area contributed by atoms with Crippen molar-refractivity contribution in [2.45, 2.75) is 25.9 Å². The molecule has 1 heterocycles. The fourth-order valence-corrected chi connectivity index (χ4v) is 3.03. The van der Waals surface area contributed by atoms with Gasteiger partial charge in [-0.3, -0.25) is 14.5 Å². The zero-order valence-corrected chi connectivity index (χ0v) is 15.8. The first-order chi connectivity index (χ1) is 12.5. The minimum absolute atomic E-state index is 0.115. The van der Waals surface area contributed by atoms with Crippen LogP contribution in [0.5, 0.6) is 0 Å². The number of halogens is 1. The normalized spacial score (nSPS) is 11.9. The van der Waals surface area contributed by atoms with Gasteiger partial charge in [0.15, 0.2) is 4.77 Å². The molecule has 0 saturated carbocycles. The fraction of sp³-hybridized carbons (Fsp3) is 0.211. The maximum absolute atomic E-state index is 12.4. The lowest BCUT2D eigenvalue weighted by Crippen LogP contribution is -2.29. The Kier molecular flexibility index (Phi) is 5.85. The van der Waals surface area contributed by atoms with Crippen molar-refractivity contribution in [1.29, 1.82) is 0 Å². The second kappa shape index (κ2) is 8.29. The average molecular weight is 387 g/mol. The molecule has 134 valence electrons. The summed E-state index contributed by atoms with van der Waals surface area (Å²) in [4.78, 5) is 12.4. The minimum Gasteiger partial charge on any atom is -0.349 e. The second-order valence-corrected chi connectivity index (χ2v) is 6.86. The largest absolute Gasteiger partial charge is 0.349 e. The van der Waals surface area contributed by atoms with Crippen molar-refractivity contribution < 1.29 is 4.79 Å². The van der Waals surface area contributed by atoms with Gasteiger partial charge >= 0.3 is 0 Å². The van der Waals surface area contributed by atoms with Gasteiger partial charge in [0.25, 0.3) is 0 Å². The number of benzene rings is 2. The number of nitrogens with one attached hydrogen (secondary N) is 2. The van der Waals surface area contributed by atoms with E-state index in [1.54, 1.807) is 0 Å². The first-order valence-electron chi connectivity index (χ1n) is 8.26. The van der Waals surface area contributed by atoms with Gasteiger partial charge in [-0.05, 0) is 42.4 Å². The number of aromatic amines is 1. The lowest BCUT2D eigenvalue weighted by molar-refractivity contribution is -0.121. The van der Waals surface area contributed by atoms with Crippen LogP contribution in [0.2, 0.25) is 5.02 Å². The maximum Gasteiger partial charge on any atom is 0.228 e. The van der Waals surface area contributed by atoms with E-state index in [0.29, 0.717) is 22.2 Å². The van der Waals surface area contributed by atoms with Gasteiger partial charge in [-0.15, -0.1) is 0 Å². The molecule has 0 saturated heterocycles. The number of carbonyl (C=O) groups excluding carboxylic acids is 1. The highest BCUT2D eigenvalue weighted by molar-refractivity contribution is 7.71. The molecule has 2 aromatic carbocycles. The highest BCUT2D eigenvalue weighted by atomic mass is 35.5. The van der Waals surface area contributed by atoms with Gasteiger partial charge in [-0.25, -0.2) is 0 Å². The Morgan fingerprint density at radius 2 is 1.92 bits per heavy atom. The van der Waals surface area contributed by atoms with Crippen LogP contribution in [-0.2, 0) is 17.8 Å². The molecule has 1 amide bonds. The summed E-state index contributed by atoms with van der Waals surface area (Å²) in [5.74, 6) is 0.496. The molecular formula is C19H19ClN4OS. The Balaban J connectivity index is 1.68. The molecule has 0 bridgehead atoms. The monoisotopic (exact) mass is 386 g/mol. The minimum atomic E-state index is -0.121. The molecule has 3 aromatic rings. The summed E-state index contributed by atoms with van der Waals surface area (Å²) in [5.41, 5.74) is 2.09. The number of nitrogens with zero attached hydrogens (tertiary/aromatic N) is 2. The topological polar surface area (TPSA) is 62.7 Å². The van der Waals surface area contributed by atoms with E-state index in [-0.39, 0.29) is 18.4 Å². The SMILES string of the molecule is C[C@@H](NC(=O)Cc1n[nH]c(=S)n1Cc1ccccc1)c1ccc(Cl)cc1. The Bertz CT molecular complexity index is 934. The molecule has 5 nitrogen and oxygen atoms in total. The van der Waals surface area contributed by atoms with Crippen molar-refractivity contribution in [3.63, 3.8) is 0 Å². The van der Waals surface area contributed by atoms with E-state index in [1.165, 1.54) is 0 Å². The van der Waals surface area contributed by atoms with Crippen LogP contribution in [0.25, 0.3) is 0 Å². The number of H-pyrrole nitrogens is 1. The van der Waals surface area contributed by atoms with Gasteiger partial charge in [0.1, 0.15) is 5.82 Å². The number of hydrogen-bond acceptors (Lipinski definition) is 3. The Morgan fingerprint density at radius 1 is 1.23 bits per heavy atom. The summed E-state index contributed by atoms with van der Waals surface area (Å²) >= 11 is 11.2. The van der Waals surface area contributed by atoms with E-state index in [4.69, 9.17) is 23.8 Å². The molecule has 26 heavy (non-hydrogen) atoms. The van der Waals surface area contributed by atoms with E-state index in [1.807, 2.05) is 66.1 Å². The molecule has 0 aliphatic rings. The molecule has 0 aliphatic carbocycles. The Morgan fingerprint density at radius 3 is 2.62 bits per heavy atom. The summed E-state index contributed by atoms with van der Waals surface area (Å²) in [5, 5.41) is 10.6. The van der Waals surface area contributed by atoms with Crippen LogP contribution in [0, 0.1) is 4.77 Å². The third-order valence-electron chi connectivity index (χ3n) is 4.09. The maximum atomic E-state index is 12.4. The van der Waals surface area contributed by atoms with Crippen molar-refractivity contribution >= 4 is 29.7 Å². The fourth-order valence-electron chi connectivity index (χ4n) is 2.69. The molecule has 0 unspecified atom stereocenters. The van der Waals surface area contributed by atoms with Crippen LogP contribution in [0.15, 0.2) is 54.6 Å². The zero-order valence-electron chi connectivity index (χ0n) is 14.3. The molecule has 0 fully saturated rings. The van der Waals surface area contributed by atoms with Crippen LogP contribution in [0.1, 0.15) is 29.9 Å². The first-order valence-corrected chi connectivity index (χ1v) is 9.04. The molecule has 0 radical (unpaired) electrons. The van der Waals surface area contributed by atoms with Gasteiger partial charge in [-0.2, -0.15) is 5.10 Å². The molecule has 2 N–H and O–H groups in total. The summed E-state index contributed by atoms with van der Waals surface area (Å²) < 4.78 is 2.35. The molecule has 0 spiro atoms. The highest BCUT2D eigenvalue weighted by Gasteiger charge is 2.14. The Hall–Kier alpha value is -2.44. The van der Waals surface area contributed by atoms with Crippen LogP contribution >= 0.6 is 23.8 Å². The predicted octanol–water partition coefficient (Wildman–Crippen LogP) is 4.06. The summed E-state index contributed by atoms with van der Waals surface area (Å²) in [6, 6.07) is 17.2. The first kappa shape index (κ1) is 18.4. The lowest BCUT2D eigenvalue weighted by Gasteiger charge is -2.14. The molecule has 0 aliphatic heterocycles. The van der Waals surface area contributed by atoms with Gasteiger partial charge in [-0.1, -0.05) is 54.1 Å². The molecule has 7 heteroatoms. The van der Waals surface area contributed by atoms with E-state index in [9.17, 15) is 4.79 Å². The van der Waals surface area contributed by atoms with Gasteiger partial charge in [0.2, 0.25) is 5.91 Å². The van der Waals surface area contributed by atoms with E-state index < -0.39 is 0 Å². The molecular weight excluding hydrogens is 368 g/mol. The molecule has 1 atom stereocenters. The number of hydrogen-bond donors (Lipinski definition) is 2. The van der Waals surface area contributed by atoms with Crippen molar-refractivity contribution in [1.82, 2.24) is 20.1 Å². The van der Waals surface area contributed by atoms with Crippen LogP contribution in [0.3, 0.4) is 0 Å². The van der Waals surface area contributed by atoms with Gasteiger partial charge in [0, 0.05) is 5.02 Å². The van der Waals surface area contributed by atoms with E-state index in [2.05, 4.69) is 15.5 Å². The molecule has 1 aromatic heterocycles. The highest BCUT2D eigenvalue weighted by Crippen LogP contribution is 2.16. The summed E-state index contributed by atoms with van der Waals surface area (Å²) in [6.07, 6.45) is 0.151. The number of aromatic nitrogens is 3. The molecule has 3 rings (SSSR count). The average Bonchev–Trinajstić information content (AvgIpc) is 2.96. The van der Waals surface area contributed by atoms with Crippen LogP contribution in [0.4, 0.5) is 0 Å². The van der Waals surface area contributed by atoms with Gasteiger partial charge in [0.05, 0.1) is 19.0 Å². The lowest BCUT2D eigenvalue weighted by atomic mass is 10.1. The van der Waals surface area contributed by atoms with Gasteiger partial charge < -0.3 is 5.32 Å². The third-order valence-corrected chi connectivity index (χ3v) is 4.65. The standard InChI is InChI=1S/C19H19ClN4OS/c1-13(15-7-9-16(20)10-8-15)21-18(25)11-17-22-23-19(26)24(17)12-14-5-3-2-4-6-14/h2-10,13H,11-12H2,1H3,(H,21,25)(H,23,26)/t13-/m1/s1. The third kappa shape index (κ3) is 4.59. The number of rotatable bonds is 6. The van der Waals surface area contributed by atoms with Crippen molar-refractivity contribution in [2.75, 3.05) is 0 Å². The van der Waals surface area contributed by atoms with Crippen molar-refractivity contribution in [3.8, 4) is 0 Å². The Labute approximate surface area is 162 Å². The smallest absolute Gasteiger partial charge is 0.228 e. The van der Waals surface area contributed by atoms with Crippen molar-refractivity contribution in [2.24, 2.45) is 0 Å². The van der Waals surface area contributed by atoms with Crippen molar-refractivity contribution in [3.05, 3.63) is 81.3 Å². The van der Waals surface area contributed by atoms with Crippen LogP contribution in [-0.4, -0.2) is 20.7 Å². The summed E-state index contributed by atoms with van der Waals surface area (Å²) in [7, 11) is 0. The van der Waals surface area contributed by atoms with E-state index in [0.717, 1.165) is 11.1 Å². The quantitative estimate of drug-likeness (QED) is 0.628. The van der Waals surface area contributed by atoms with E-state index >= 15 is 0 Å².